The smallest absolute Gasteiger partial charge is 0.0859 e. The molecule has 3 unspecified atom stereocenters. The fourth-order valence-electron chi connectivity index (χ4n) is 3.14. The molecule has 4 heteroatoms. The van der Waals surface area contributed by atoms with Crippen molar-refractivity contribution in [3.63, 3.8) is 0 Å². The topological polar surface area (TPSA) is 30.7 Å². The Bertz CT molecular complexity index is 374. The SMILES string of the molecule is Cn1nnc2c1CCC1C(CI)C1CC2. The van der Waals surface area contributed by atoms with Gasteiger partial charge in [0.05, 0.1) is 11.4 Å². The number of alkyl halides is 1. The summed E-state index contributed by atoms with van der Waals surface area (Å²) >= 11 is 2.54. The molecule has 0 amide bonds. The zero-order valence-corrected chi connectivity index (χ0v) is 11.1. The van der Waals surface area contributed by atoms with Gasteiger partial charge in [-0.3, -0.25) is 4.68 Å². The van der Waals surface area contributed by atoms with Gasteiger partial charge >= 0.3 is 0 Å². The van der Waals surface area contributed by atoms with Crippen molar-refractivity contribution in [2.75, 3.05) is 4.43 Å². The number of aromatic nitrogens is 3. The lowest BCUT2D eigenvalue weighted by Gasteiger charge is -2.07. The summed E-state index contributed by atoms with van der Waals surface area (Å²) in [5, 5.41) is 8.40. The Morgan fingerprint density at radius 2 is 2.07 bits per heavy atom. The van der Waals surface area contributed by atoms with E-state index in [1.807, 2.05) is 11.7 Å². The summed E-state index contributed by atoms with van der Waals surface area (Å²) in [7, 11) is 2.02. The number of hydrogen-bond donors (Lipinski definition) is 0. The quantitative estimate of drug-likeness (QED) is 0.586. The van der Waals surface area contributed by atoms with Gasteiger partial charge < -0.3 is 0 Å². The third-order valence-electron chi connectivity index (χ3n) is 4.14. The van der Waals surface area contributed by atoms with E-state index in [1.165, 1.54) is 35.1 Å². The molecule has 2 aliphatic carbocycles. The Balaban J connectivity index is 1.80. The van der Waals surface area contributed by atoms with E-state index >= 15 is 0 Å². The molecule has 1 heterocycles. The number of fused-ring (bicyclic) bond motifs is 2. The second-order valence-corrected chi connectivity index (χ2v) is 5.71. The first-order valence-electron chi connectivity index (χ1n) is 5.74. The van der Waals surface area contributed by atoms with Crippen molar-refractivity contribution in [2.24, 2.45) is 24.8 Å². The molecule has 0 bridgehead atoms. The van der Waals surface area contributed by atoms with Crippen molar-refractivity contribution in [3.8, 4) is 0 Å². The molecular weight excluding hydrogens is 301 g/mol. The molecule has 1 fully saturated rings. The lowest BCUT2D eigenvalue weighted by molar-refractivity contribution is 0.566. The zero-order chi connectivity index (χ0) is 10.4. The van der Waals surface area contributed by atoms with Crippen molar-refractivity contribution < 1.29 is 0 Å². The minimum absolute atomic E-state index is 0.997. The van der Waals surface area contributed by atoms with Crippen LogP contribution < -0.4 is 0 Å². The van der Waals surface area contributed by atoms with Crippen LogP contribution in [-0.2, 0) is 19.9 Å². The van der Waals surface area contributed by atoms with E-state index in [9.17, 15) is 0 Å². The van der Waals surface area contributed by atoms with Crippen LogP contribution in [0.4, 0.5) is 0 Å². The van der Waals surface area contributed by atoms with Crippen LogP contribution in [0, 0.1) is 17.8 Å². The van der Waals surface area contributed by atoms with Gasteiger partial charge in [0, 0.05) is 11.5 Å². The summed E-state index contributed by atoms with van der Waals surface area (Å²) in [6.07, 6.45) is 5.03. The van der Waals surface area contributed by atoms with Gasteiger partial charge in [-0.25, -0.2) is 0 Å². The molecule has 0 radical (unpaired) electrons. The van der Waals surface area contributed by atoms with E-state index in [2.05, 4.69) is 32.9 Å². The number of hydrogen-bond acceptors (Lipinski definition) is 2. The van der Waals surface area contributed by atoms with Gasteiger partial charge in [0.2, 0.25) is 0 Å². The maximum Gasteiger partial charge on any atom is 0.0859 e. The zero-order valence-electron chi connectivity index (χ0n) is 8.99. The van der Waals surface area contributed by atoms with Crippen molar-refractivity contribution >= 4 is 22.6 Å². The van der Waals surface area contributed by atoms with Gasteiger partial charge in [0.25, 0.3) is 0 Å². The van der Waals surface area contributed by atoms with Gasteiger partial charge in [-0.1, -0.05) is 27.8 Å². The van der Waals surface area contributed by atoms with Crippen molar-refractivity contribution in [1.82, 2.24) is 15.0 Å². The number of halogens is 1. The van der Waals surface area contributed by atoms with Gasteiger partial charge in [0.15, 0.2) is 0 Å². The lowest BCUT2D eigenvalue weighted by atomic mass is 10.0. The van der Waals surface area contributed by atoms with Crippen molar-refractivity contribution in [2.45, 2.75) is 25.7 Å². The Morgan fingerprint density at radius 1 is 1.33 bits per heavy atom. The summed E-state index contributed by atoms with van der Waals surface area (Å²) in [6.45, 7) is 0. The molecule has 1 saturated carbocycles. The van der Waals surface area contributed by atoms with Gasteiger partial charge in [-0.2, -0.15) is 0 Å². The van der Waals surface area contributed by atoms with Crippen LogP contribution in [0.3, 0.4) is 0 Å². The molecule has 3 rings (SSSR count). The van der Waals surface area contributed by atoms with Crippen LogP contribution in [-0.4, -0.2) is 19.4 Å². The Labute approximate surface area is 104 Å². The first kappa shape index (κ1) is 10.1. The highest BCUT2D eigenvalue weighted by Gasteiger charge is 2.48. The summed E-state index contributed by atoms with van der Waals surface area (Å²) in [4.78, 5) is 0. The molecule has 0 aliphatic heterocycles. The second-order valence-electron chi connectivity index (χ2n) is 4.83. The third-order valence-corrected chi connectivity index (χ3v) is 5.16. The predicted molar refractivity (Wildman–Crippen MR) is 67.0 cm³/mol. The van der Waals surface area contributed by atoms with Gasteiger partial charge in [0.1, 0.15) is 0 Å². The number of nitrogens with zero attached hydrogens (tertiary/aromatic N) is 3. The number of rotatable bonds is 1. The monoisotopic (exact) mass is 317 g/mol. The summed E-state index contributed by atoms with van der Waals surface area (Å²) in [5.74, 6) is 3.01. The van der Waals surface area contributed by atoms with Crippen LogP contribution in [0.2, 0.25) is 0 Å². The molecule has 3 atom stereocenters. The molecule has 0 spiro atoms. The van der Waals surface area contributed by atoms with Crippen LogP contribution in [0.15, 0.2) is 0 Å². The lowest BCUT2D eigenvalue weighted by Crippen LogP contribution is -2.04. The van der Waals surface area contributed by atoms with E-state index in [1.54, 1.807) is 0 Å². The van der Waals surface area contributed by atoms with Gasteiger partial charge in [-0.05, 0) is 43.4 Å². The molecule has 1 aromatic heterocycles. The molecule has 1 aromatic rings. The fourth-order valence-corrected chi connectivity index (χ4v) is 4.44. The molecule has 0 saturated heterocycles. The summed E-state index contributed by atoms with van der Waals surface area (Å²) in [6, 6.07) is 0. The largest absolute Gasteiger partial charge is 0.252 e. The van der Waals surface area contributed by atoms with E-state index in [-0.39, 0.29) is 0 Å². The second kappa shape index (κ2) is 3.71. The molecule has 15 heavy (non-hydrogen) atoms. The fraction of sp³-hybridized carbons (Fsp3) is 0.818. The van der Waals surface area contributed by atoms with E-state index in [4.69, 9.17) is 0 Å². The van der Waals surface area contributed by atoms with Crippen LogP contribution in [0.1, 0.15) is 24.2 Å². The maximum absolute atomic E-state index is 4.27. The molecular formula is C11H16IN3. The predicted octanol–water partition coefficient (Wildman–Crippen LogP) is 1.99. The van der Waals surface area contributed by atoms with Crippen molar-refractivity contribution in [1.29, 1.82) is 0 Å². The molecule has 0 N–H and O–H groups in total. The highest BCUT2D eigenvalue weighted by Crippen LogP contribution is 2.53. The van der Waals surface area contributed by atoms with E-state index in [0.717, 1.165) is 24.2 Å². The Morgan fingerprint density at radius 3 is 2.80 bits per heavy atom. The normalized spacial score (nSPS) is 33.9. The Hall–Kier alpha value is -0.130. The maximum atomic E-state index is 4.27. The Kier molecular flexibility index (Phi) is 2.49. The first-order chi connectivity index (χ1) is 7.31. The summed E-state index contributed by atoms with van der Waals surface area (Å²) in [5.41, 5.74) is 2.64. The summed E-state index contributed by atoms with van der Waals surface area (Å²) < 4.78 is 3.31. The average Bonchev–Trinajstić information content (AvgIpc) is 2.76. The minimum atomic E-state index is 0.997. The molecule has 0 aromatic carbocycles. The van der Waals surface area contributed by atoms with Crippen LogP contribution in [0.5, 0.6) is 0 Å². The molecule has 3 nitrogen and oxygen atoms in total. The van der Waals surface area contributed by atoms with Crippen LogP contribution in [0.25, 0.3) is 0 Å². The average molecular weight is 317 g/mol. The van der Waals surface area contributed by atoms with E-state index in [0.29, 0.717) is 0 Å². The van der Waals surface area contributed by atoms with Crippen molar-refractivity contribution in [3.05, 3.63) is 11.4 Å². The minimum Gasteiger partial charge on any atom is -0.252 e. The molecule has 82 valence electrons. The molecule has 2 aliphatic rings. The standard InChI is InChI=1S/C11H16IN3/c1-15-11-5-3-8-7(9(8)6-12)2-4-10(11)13-14-15/h7-9H,2-6H2,1H3. The number of aryl methyl sites for hydroxylation is 2. The third kappa shape index (κ3) is 1.61. The first-order valence-corrected chi connectivity index (χ1v) is 7.27. The van der Waals surface area contributed by atoms with Gasteiger partial charge in [-0.15, -0.1) is 5.10 Å². The highest BCUT2D eigenvalue weighted by molar-refractivity contribution is 14.1. The van der Waals surface area contributed by atoms with Crippen LogP contribution >= 0.6 is 22.6 Å². The highest BCUT2D eigenvalue weighted by atomic mass is 127. The van der Waals surface area contributed by atoms with E-state index < -0.39 is 0 Å².